The molecule has 0 bridgehead atoms. The number of rotatable bonds is 2. The molecule has 1 aromatic rings. The Morgan fingerprint density at radius 3 is 2.19 bits per heavy atom. The van der Waals surface area contributed by atoms with Gasteiger partial charge in [-0.25, -0.2) is 0 Å². The zero-order chi connectivity index (χ0) is 15.9. The molecule has 2 rings (SSSR count). The quantitative estimate of drug-likeness (QED) is 0.420. The van der Waals surface area contributed by atoms with E-state index in [2.05, 4.69) is 37.2 Å². The second-order valence-corrected chi connectivity index (χ2v) is 5.51. The fourth-order valence-corrected chi connectivity index (χ4v) is 2.59. The van der Waals surface area contributed by atoms with Crippen molar-refractivity contribution in [1.29, 1.82) is 0 Å². The maximum Gasteiger partial charge on any atom is 0.366 e. The van der Waals surface area contributed by atoms with Crippen LogP contribution in [0.15, 0.2) is 15.0 Å². The zero-order valence-corrected chi connectivity index (χ0v) is 12.9. The van der Waals surface area contributed by atoms with Crippen LogP contribution in [0, 0.1) is 20.2 Å². The Kier molecular flexibility index (Phi) is 3.91. The van der Waals surface area contributed by atoms with E-state index < -0.39 is 33.4 Å². The molecule has 21 heavy (non-hydrogen) atoms. The minimum atomic E-state index is -2.19. The zero-order valence-electron chi connectivity index (χ0n) is 9.75. The largest absolute Gasteiger partial charge is 0.366 e. The van der Waals surface area contributed by atoms with E-state index >= 15 is 0 Å². The smallest absolute Gasteiger partial charge is 0.318 e. The number of hydrogen-bond donors (Lipinski definition) is 2. The number of anilines is 2. The van der Waals surface area contributed by atoms with Crippen molar-refractivity contribution < 1.29 is 19.4 Å². The molecule has 1 aromatic carbocycles. The van der Waals surface area contributed by atoms with E-state index in [0.717, 1.165) is 0 Å². The highest BCUT2D eigenvalue weighted by atomic mass is 79.9. The maximum atomic E-state index is 11.7. The molecule has 1 heterocycles. The molecule has 2 N–H and O–H groups in total. The van der Waals surface area contributed by atoms with Gasteiger partial charge in [0.15, 0.2) is 0 Å². The molecule has 0 aromatic heterocycles. The normalized spacial score (nSPS) is 17.3. The molecule has 0 radical (unpaired) electrons. The number of nitrogens with zero attached hydrogens (tertiary/aromatic N) is 2. The van der Waals surface area contributed by atoms with Gasteiger partial charge in [0.1, 0.15) is 10.2 Å². The standard InChI is InChI=1S/C9H4Br2N4O6/c10-2-1-3-5(6(4(2)11)14(18)19)13-9(17)7(15(20)21)8(16)12-3/h1,7H,(H,12,16)(H,13,17). The van der Waals surface area contributed by atoms with Crippen LogP contribution in [0.1, 0.15) is 0 Å². The fraction of sp³-hybridized carbons (Fsp3) is 0.111. The van der Waals surface area contributed by atoms with Gasteiger partial charge in [-0.1, -0.05) is 0 Å². The van der Waals surface area contributed by atoms with Crippen LogP contribution in [0.3, 0.4) is 0 Å². The Bertz CT molecular complexity index is 706. The third-order valence-corrected chi connectivity index (χ3v) is 4.55. The third-order valence-electron chi connectivity index (χ3n) is 2.59. The number of nitro benzene ring substituents is 1. The second kappa shape index (κ2) is 5.37. The van der Waals surface area contributed by atoms with Gasteiger partial charge in [-0.15, -0.1) is 0 Å². The predicted molar refractivity (Wildman–Crippen MR) is 76.5 cm³/mol. The van der Waals surface area contributed by atoms with E-state index in [1.807, 2.05) is 5.32 Å². The van der Waals surface area contributed by atoms with Crippen molar-refractivity contribution in [3.05, 3.63) is 35.2 Å². The molecule has 10 nitrogen and oxygen atoms in total. The lowest BCUT2D eigenvalue weighted by Crippen LogP contribution is -2.42. The maximum absolute atomic E-state index is 11.7. The van der Waals surface area contributed by atoms with Crippen LogP contribution >= 0.6 is 31.9 Å². The van der Waals surface area contributed by atoms with Gasteiger partial charge in [0.05, 0.1) is 10.6 Å². The van der Waals surface area contributed by atoms with Crippen LogP contribution in [-0.4, -0.2) is 27.7 Å². The highest BCUT2D eigenvalue weighted by molar-refractivity contribution is 9.13. The number of nitro groups is 2. The van der Waals surface area contributed by atoms with Gasteiger partial charge < -0.3 is 10.6 Å². The summed E-state index contributed by atoms with van der Waals surface area (Å²) in [6.07, 6.45) is 0. The van der Waals surface area contributed by atoms with Gasteiger partial charge >= 0.3 is 23.5 Å². The van der Waals surface area contributed by atoms with Gasteiger partial charge in [-0.2, -0.15) is 0 Å². The molecule has 12 heteroatoms. The molecule has 2 amide bonds. The van der Waals surface area contributed by atoms with E-state index in [1.165, 1.54) is 6.07 Å². The van der Waals surface area contributed by atoms with Gasteiger partial charge in [0.2, 0.25) is 0 Å². The monoisotopic (exact) mass is 422 g/mol. The van der Waals surface area contributed by atoms with E-state index in [-0.39, 0.29) is 20.3 Å². The average Bonchev–Trinajstić information content (AvgIpc) is 2.45. The highest BCUT2D eigenvalue weighted by Gasteiger charge is 2.43. The van der Waals surface area contributed by atoms with Gasteiger partial charge in [0, 0.05) is 9.40 Å². The van der Waals surface area contributed by atoms with Crippen LogP contribution in [-0.2, 0) is 9.59 Å². The SMILES string of the molecule is O=C1Nc2cc(Br)c(Br)c([N+](=O)[O-])c2NC(=O)C1[N+](=O)[O-]. The molecule has 0 fully saturated rings. The molecule has 1 aliphatic heterocycles. The van der Waals surface area contributed by atoms with E-state index in [1.54, 1.807) is 0 Å². The number of hydrogen-bond acceptors (Lipinski definition) is 6. The minimum absolute atomic E-state index is 0.0281. The molecular weight excluding hydrogens is 420 g/mol. The van der Waals surface area contributed by atoms with Gasteiger partial charge in [0.25, 0.3) is 0 Å². The van der Waals surface area contributed by atoms with Crippen LogP contribution in [0.4, 0.5) is 17.1 Å². The fourth-order valence-electron chi connectivity index (χ4n) is 1.71. The van der Waals surface area contributed by atoms with E-state index in [9.17, 15) is 29.8 Å². The highest BCUT2D eigenvalue weighted by Crippen LogP contribution is 2.44. The van der Waals surface area contributed by atoms with Crippen LogP contribution < -0.4 is 10.6 Å². The molecule has 0 saturated heterocycles. The van der Waals surface area contributed by atoms with Crippen LogP contribution in [0.2, 0.25) is 0 Å². The Hall–Kier alpha value is -2.08. The molecule has 0 aliphatic carbocycles. The number of nitrogens with one attached hydrogen (secondary N) is 2. The first-order valence-corrected chi connectivity index (χ1v) is 6.74. The average molecular weight is 424 g/mol. The Balaban J connectivity index is 2.68. The molecule has 0 spiro atoms. The lowest BCUT2D eigenvalue weighted by atomic mass is 10.2. The summed E-state index contributed by atoms with van der Waals surface area (Å²) >= 11 is 6.03. The first-order valence-electron chi connectivity index (χ1n) is 5.15. The third kappa shape index (κ3) is 2.58. The Labute approximate surface area is 132 Å². The molecule has 0 saturated carbocycles. The lowest BCUT2D eigenvalue weighted by Gasteiger charge is -2.09. The van der Waals surface area contributed by atoms with E-state index in [4.69, 9.17) is 0 Å². The van der Waals surface area contributed by atoms with Gasteiger partial charge in [-0.3, -0.25) is 29.8 Å². The van der Waals surface area contributed by atoms with Crippen molar-refractivity contribution in [3.63, 3.8) is 0 Å². The number of benzene rings is 1. The summed E-state index contributed by atoms with van der Waals surface area (Å²) in [6.45, 7) is 0. The summed E-state index contributed by atoms with van der Waals surface area (Å²) < 4.78 is 0.266. The molecule has 1 atom stereocenters. The number of halogens is 2. The van der Waals surface area contributed by atoms with Crippen molar-refractivity contribution in [1.82, 2.24) is 0 Å². The van der Waals surface area contributed by atoms with Crippen molar-refractivity contribution in [2.75, 3.05) is 10.6 Å². The topological polar surface area (TPSA) is 144 Å². The van der Waals surface area contributed by atoms with Crippen molar-refractivity contribution in [2.45, 2.75) is 6.04 Å². The summed E-state index contributed by atoms with van der Waals surface area (Å²) in [6, 6.07) is -0.901. The lowest BCUT2D eigenvalue weighted by molar-refractivity contribution is -0.492. The molecule has 110 valence electrons. The summed E-state index contributed by atoms with van der Waals surface area (Å²) in [5.74, 6) is -2.44. The summed E-state index contributed by atoms with van der Waals surface area (Å²) in [4.78, 5) is 43.5. The molecular formula is C9H4Br2N4O6. The molecule has 1 unspecified atom stereocenters. The molecule has 1 aliphatic rings. The van der Waals surface area contributed by atoms with Crippen LogP contribution in [0.5, 0.6) is 0 Å². The van der Waals surface area contributed by atoms with Crippen molar-refractivity contribution in [3.8, 4) is 0 Å². The van der Waals surface area contributed by atoms with Crippen LogP contribution in [0.25, 0.3) is 0 Å². The first-order chi connectivity index (χ1) is 9.73. The number of carbonyl (C=O) groups excluding carboxylic acids is 2. The summed E-state index contributed by atoms with van der Waals surface area (Å²) in [5.41, 5.74) is -0.964. The van der Waals surface area contributed by atoms with E-state index in [0.29, 0.717) is 0 Å². The minimum Gasteiger partial charge on any atom is -0.318 e. The number of carbonyl (C=O) groups is 2. The van der Waals surface area contributed by atoms with Gasteiger partial charge in [-0.05, 0) is 37.9 Å². The number of amides is 2. The summed E-state index contributed by atoms with van der Waals surface area (Å²) in [5, 5.41) is 26.1. The number of fused-ring (bicyclic) bond motifs is 1. The Morgan fingerprint density at radius 2 is 1.67 bits per heavy atom. The summed E-state index contributed by atoms with van der Waals surface area (Å²) in [7, 11) is 0. The van der Waals surface area contributed by atoms with Crippen molar-refractivity contribution in [2.24, 2.45) is 0 Å². The van der Waals surface area contributed by atoms with Crippen molar-refractivity contribution >= 4 is 60.7 Å². The Morgan fingerprint density at radius 1 is 1.10 bits per heavy atom. The first kappa shape index (κ1) is 15.3. The predicted octanol–water partition coefficient (Wildman–Crippen LogP) is 1.66. The second-order valence-electron chi connectivity index (χ2n) is 3.87.